The van der Waals surface area contributed by atoms with Crippen molar-refractivity contribution in [1.82, 2.24) is 9.97 Å². The van der Waals surface area contributed by atoms with E-state index < -0.39 is 5.97 Å². The maximum absolute atomic E-state index is 11.0. The highest BCUT2D eigenvalue weighted by atomic mass is 35.5. The number of hydrogen-bond acceptors (Lipinski definition) is 3. The van der Waals surface area contributed by atoms with Crippen molar-refractivity contribution in [2.75, 3.05) is 0 Å². The number of aromatic nitrogens is 2. The van der Waals surface area contributed by atoms with Crippen molar-refractivity contribution < 1.29 is 9.90 Å². The van der Waals surface area contributed by atoms with Gasteiger partial charge in [-0.25, -0.2) is 14.8 Å². The van der Waals surface area contributed by atoms with Gasteiger partial charge in [-0.15, -0.1) is 0 Å². The molecule has 80 valence electrons. The number of carbonyl (C=O) groups is 1. The summed E-state index contributed by atoms with van der Waals surface area (Å²) in [6.45, 7) is 0. The van der Waals surface area contributed by atoms with E-state index in [2.05, 4.69) is 9.97 Å². The van der Waals surface area contributed by atoms with E-state index in [9.17, 15) is 4.79 Å². The SMILES string of the molecule is O=C(O)c1cncnc1-c1ccc(Cl)cc1. The van der Waals surface area contributed by atoms with E-state index in [1.54, 1.807) is 24.3 Å². The van der Waals surface area contributed by atoms with Gasteiger partial charge in [0.15, 0.2) is 0 Å². The van der Waals surface area contributed by atoms with Crippen LogP contribution in [-0.2, 0) is 0 Å². The molecule has 1 aromatic carbocycles. The van der Waals surface area contributed by atoms with Crippen LogP contribution in [0.4, 0.5) is 0 Å². The third kappa shape index (κ3) is 2.01. The minimum absolute atomic E-state index is 0.0739. The third-order valence-electron chi connectivity index (χ3n) is 2.06. The molecule has 1 N–H and O–H groups in total. The van der Waals surface area contributed by atoms with Crippen LogP contribution in [0, 0.1) is 0 Å². The Balaban J connectivity index is 2.55. The second-order valence-electron chi connectivity index (χ2n) is 3.10. The summed E-state index contributed by atoms with van der Waals surface area (Å²) < 4.78 is 0. The van der Waals surface area contributed by atoms with Gasteiger partial charge in [0.05, 0.1) is 5.69 Å². The number of carboxylic acids is 1. The summed E-state index contributed by atoms with van der Waals surface area (Å²) in [7, 11) is 0. The van der Waals surface area contributed by atoms with Gasteiger partial charge in [0.2, 0.25) is 0 Å². The number of rotatable bonds is 2. The summed E-state index contributed by atoms with van der Waals surface area (Å²) in [6, 6.07) is 6.81. The van der Waals surface area contributed by atoms with E-state index in [0.29, 0.717) is 16.3 Å². The van der Waals surface area contributed by atoms with E-state index in [1.165, 1.54) is 12.5 Å². The monoisotopic (exact) mass is 234 g/mol. The molecule has 0 amide bonds. The van der Waals surface area contributed by atoms with Crippen molar-refractivity contribution >= 4 is 17.6 Å². The molecule has 0 aliphatic carbocycles. The molecule has 0 radical (unpaired) electrons. The van der Waals surface area contributed by atoms with Gasteiger partial charge < -0.3 is 5.11 Å². The van der Waals surface area contributed by atoms with E-state index >= 15 is 0 Å². The molecule has 1 heterocycles. The van der Waals surface area contributed by atoms with Crippen molar-refractivity contribution in [3.63, 3.8) is 0 Å². The van der Waals surface area contributed by atoms with Crippen LogP contribution in [0.15, 0.2) is 36.8 Å². The van der Waals surface area contributed by atoms with Crippen molar-refractivity contribution in [3.8, 4) is 11.3 Å². The zero-order valence-corrected chi connectivity index (χ0v) is 8.85. The zero-order valence-electron chi connectivity index (χ0n) is 8.09. The first-order chi connectivity index (χ1) is 7.68. The molecule has 0 unspecified atom stereocenters. The van der Waals surface area contributed by atoms with E-state index in [1.807, 2.05) is 0 Å². The van der Waals surface area contributed by atoms with E-state index in [0.717, 1.165) is 0 Å². The van der Waals surface area contributed by atoms with Crippen LogP contribution in [0.5, 0.6) is 0 Å². The quantitative estimate of drug-likeness (QED) is 0.867. The molecule has 4 nitrogen and oxygen atoms in total. The van der Waals surface area contributed by atoms with Crippen molar-refractivity contribution in [1.29, 1.82) is 0 Å². The van der Waals surface area contributed by atoms with Crippen LogP contribution >= 0.6 is 11.6 Å². The lowest BCUT2D eigenvalue weighted by atomic mass is 10.1. The Morgan fingerprint density at radius 2 is 1.94 bits per heavy atom. The second-order valence-corrected chi connectivity index (χ2v) is 3.53. The molecule has 2 aromatic rings. The first-order valence-corrected chi connectivity index (χ1v) is 4.85. The van der Waals surface area contributed by atoms with Gasteiger partial charge >= 0.3 is 5.97 Å². The molecule has 1 aromatic heterocycles. The minimum atomic E-state index is -1.05. The first-order valence-electron chi connectivity index (χ1n) is 4.47. The number of benzene rings is 1. The smallest absolute Gasteiger partial charge is 0.339 e. The topological polar surface area (TPSA) is 63.1 Å². The van der Waals surface area contributed by atoms with Gasteiger partial charge in [-0.3, -0.25) is 0 Å². The van der Waals surface area contributed by atoms with Crippen LogP contribution in [0.2, 0.25) is 5.02 Å². The predicted molar refractivity (Wildman–Crippen MR) is 59.4 cm³/mol. The van der Waals surface area contributed by atoms with Crippen molar-refractivity contribution in [2.24, 2.45) is 0 Å². The second kappa shape index (κ2) is 4.28. The Hall–Kier alpha value is -1.94. The standard InChI is InChI=1S/C11H7ClN2O2/c12-8-3-1-7(2-4-8)10-9(11(15)16)5-13-6-14-10/h1-6H,(H,15,16). The number of carboxylic acid groups (broad SMARTS) is 1. The maximum Gasteiger partial charge on any atom is 0.339 e. The summed E-state index contributed by atoms with van der Waals surface area (Å²) in [5, 5.41) is 9.57. The average molecular weight is 235 g/mol. The van der Waals surface area contributed by atoms with E-state index in [-0.39, 0.29) is 5.56 Å². The fourth-order valence-corrected chi connectivity index (χ4v) is 1.45. The van der Waals surface area contributed by atoms with Crippen LogP contribution in [0.25, 0.3) is 11.3 Å². The van der Waals surface area contributed by atoms with Gasteiger partial charge in [-0.1, -0.05) is 23.7 Å². The fraction of sp³-hybridized carbons (Fsp3) is 0. The highest BCUT2D eigenvalue weighted by Crippen LogP contribution is 2.22. The fourth-order valence-electron chi connectivity index (χ4n) is 1.32. The molecule has 0 aliphatic rings. The van der Waals surface area contributed by atoms with E-state index in [4.69, 9.17) is 16.7 Å². The van der Waals surface area contributed by atoms with Gasteiger partial charge in [-0.2, -0.15) is 0 Å². The lowest BCUT2D eigenvalue weighted by molar-refractivity contribution is 0.0697. The summed E-state index contributed by atoms with van der Waals surface area (Å²) in [5.41, 5.74) is 1.16. The molecule has 0 saturated heterocycles. The summed E-state index contributed by atoms with van der Waals surface area (Å²) in [6.07, 6.45) is 2.59. The lowest BCUT2D eigenvalue weighted by Crippen LogP contribution is -2.02. The Labute approximate surface area is 96.6 Å². The summed E-state index contributed by atoms with van der Waals surface area (Å²) in [5.74, 6) is -1.05. The first kappa shape index (κ1) is 10.6. The number of nitrogens with zero attached hydrogens (tertiary/aromatic N) is 2. The van der Waals surface area contributed by atoms with Crippen LogP contribution in [0.1, 0.15) is 10.4 Å². The average Bonchev–Trinajstić information content (AvgIpc) is 2.30. The highest BCUT2D eigenvalue weighted by Gasteiger charge is 2.12. The van der Waals surface area contributed by atoms with Gasteiger partial charge in [-0.05, 0) is 12.1 Å². The molecule has 0 bridgehead atoms. The van der Waals surface area contributed by atoms with Crippen molar-refractivity contribution in [2.45, 2.75) is 0 Å². The maximum atomic E-state index is 11.0. The number of halogens is 1. The zero-order chi connectivity index (χ0) is 11.5. The Morgan fingerprint density at radius 1 is 1.25 bits per heavy atom. The normalized spacial score (nSPS) is 10.1. The molecule has 5 heteroatoms. The molecule has 2 rings (SSSR count). The molecular formula is C11H7ClN2O2. The van der Waals surface area contributed by atoms with Crippen LogP contribution in [0.3, 0.4) is 0 Å². The highest BCUT2D eigenvalue weighted by molar-refractivity contribution is 6.30. The Bertz CT molecular complexity index is 526. The molecule has 0 aliphatic heterocycles. The molecule has 0 atom stereocenters. The predicted octanol–water partition coefficient (Wildman–Crippen LogP) is 2.50. The summed E-state index contributed by atoms with van der Waals surface area (Å²) in [4.78, 5) is 18.6. The van der Waals surface area contributed by atoms with Crippen LogP contribution < -0.4 is 0 Å². The Kier molecular flexibility index (Phi) is 2.83. The number of aromatic carboxylic acids is 1. The molecule has 0 fully saturated rings. The largest absolute Gasteiger partial charge is 0.478 e. The Morgan fingerprint density at radius 3 is 2.56 bits per heavy atom. The van der Waals surface area contributed by atoms with Gasteiger partial charge in [0, 0.05) is 16.8 Å². The van der Waals surface area contributed by atoms with Gasteiger partial charge in [0.1, 0.15) is 11.9 Å². The molecule has 0 spiro atoms. The molecule has 0 saturated carbocycles. The summed E-state index contributed by atoms with van der Waals surface area (Å²) >= 11 is 5.75. The van der Waals surface area contributed by atoms with Crippen LogP contribution in [-0.4, -0.2) is 21.0 Å². The lowest BCUT2D eigenvalue weighted by Gasteiger charge is -2.03. The van der Waals surface area contributed by atoms with Crippen molar-refractivity contribution in [3.05, 3.63) is 47.4 Å². The third-order valence-corrected chi connectivity index (χ3v) is 2.31. The minimum Gasteiger partial charge on any atom is -0.478 e. The van der Waals surface area contributed by atoms with Gasteiger partial charge in [0.25, 0.3) is 0 Å². The molecular weight excluding hydrogens is 228 g/mol. The number of hydrogen-bond donors (Lipinski definition) is 1. The molecule has 16 heavy (non-hydrogen) atoms.